The Kier molecular flexibility index (Phi) is 2.39. The van der Waals surface area contributed by atoms with Crippen LogP contribution in [-0.4, -0.2) is 15.6 Å². The zero-order chi connectivity index (χ0) is 12.0. The maximum atomic E-state index is 13.3. The summed E-state index contributed by atoms with van der Waals surface area (Å²) >= 11 is 5.84. The first kappa shape index (κ1) is 11.0. The molecule has 0 unspecified atom stereocenters. The summed E-state index contributed by atoms with van der Waals surface area (Å²) in [5, 5.41) is 9.48. The van der Waals surface area contributed by atoms with Crippen molar-refractivity contribution in [3.8, 4) is 0 Å². The SMILES string of the molecule is Cc1c(C(=O)O)n(C)c2ccc(F)c(Cl)c12. The highest BCUT2D eigenvalue weighted by Gasteiger charge is 2.20. The molecule has 2 rings (SSSR count). The molecule has 1 N–H and O–H groups in total. The van der Waals surface area contributed by atoms with E-state index in [1.54, 1.807) is 14.0 Å². The molecule has 3 nitrogen and oxygen atoms in total. The lowest BCUT2D eigenvalue weighted by molar-refractivity contribution is 0.0686. The van der Waals surface area contributed by atoms with E-state index in [2.05, 4.69) is 0 Å². The molecule has 0 radical (unpaired) electrons. The summed E-state index contributed by atoms with van der Waals surface area (Å²) in [6, 6.07) is 2.76. The molecule has 0 aliphatic carbocycles. The number of hydrogen-bond donors (Lipinski definition) is 1. The standard InChI is InChI=1S/C11H9ClFNO2/c1-5-8-7(4-3-6(13)9(8)12)14(2)10(5)11(15)16/h3-4H,1-2H3,(H,15,16). The number of halogens is 2. The maximum Gasteiger partial charge on any atom is 0.352 e. The van der Waals surface area contributed by atoms with E-state index in [0.717, 1.165) is 0 Å². The van der Waals surface area contributed by atoms with Crippen LogP contribution in [0.4, 0.5) is 4.39 Å². The van der Waals surface area contributed by atoms with Crippen LogP contribution >= 0.6 is 11.6 Å². The molecule has 0 bridgehead atoms. The quantitative estimate of drug-likeness (QED) is 0.834. The van der Waals surface area contributed by atoms with Crippen molar-refractivity contribution in [2.45, 2.75) is 6.92 Å². The van der Waals surface area contributed by atoms with Gasteiger partial charge in [-0.15, -0.1) is 0 Å². The van der Waals surface area contributed by atoms with Crippen molar-refractivity contribution >= 4 is 28.5 Å². The van der Waals surface area contributed by atoms with Crippen molar-refractivity contribution in [1.82, 2.24) is 4.57 Å². The van der Waals surface area contributed by atoms with Crippen LogP contribution in [0.25, 0.3) is 10.9 Å². The Bertz CT molecular complexity index is 604. The van der Waals surface area contributed by atoms with E-state index in [-0.39, 0.29) is 10.7 Å². The molecular weight excluding hydrogens is 233 g/mol. The van der Waals surface area contributed by atoms with Gasteiger partial charge in [0.1, 0.15) is 11.5 Å². The lowest BCUT2D eigenvalue weighted by Gasteiger charge is -1.99. The van der Waals surface area contributed by atoms with Crippen LogP contribution < -0.4 is 0 Å². The summed E-state index contributed by atoms with van der Waals surface area (Å²) in [4.78, 5) is 11.1. The third kappa shape index (κ3) is 1.30. The minimum atomic E-state index is -1.05. The van der Waals surface area contributed by atoms with Gasteiger partial charge >= 0.3 is 5.97 Å². The molecule has 0 amide bonds. The average Bonchev–Trinajstić information content (AvgIpc) is 2.45. The van der Waals surface area contributed by atoms with Crippen LogP contribution in [0.2, 0.25) is 5.02 Å². The molecule has 1 aromatic carbocycles. The molecule has 16 heavy (non-hydrogen) atoms. The number of hydrogen-bond acceptors (Lipinski definition) is 1. The molecule has 84 valence electrons. The third-order valence-electron chi connectivity index (χ3n) is 2.70. The number of nitrogens with zero attached hydrogens (tertiary/aromatic N) is 1. The van der Waals surface area contributed by atoms with Crippen molar-refractivity contribution in [3.63, 3.8) is 0 Å². The smallest absolute Gasteiger partial charge is 0.352 e. The minimum absolute atomic E-state index is 0.0295. The first-order valence-corrected chi connectivity index (χ1v) is 4.99. The van der Waals surface area contributed by atoms with Gasteiger partial charge in [-0.3, -0.25) is 0 Å². The van der Waals surface area contributed by atoms with E-state index in [4.69, 9.17) is 16.7 Å². The van der Waals surface area contributed by atoms with Crippen molar-refractivity contribution in [2.75, 3.05) is 0 Å². The summed E-state index contributed by atoms with van der Waals surface area (Å²) < 4.78 is 14.8. The summed E-state index contributed by atoms with van der Waals surface area (Å²) in [6.45, 7) is 1.62. The molecular formula is C11H9ClFNO2. The molecule has 0 saturated heterocycles. The second-order valence-electron chi connectivity index (χ2n) is 3.59. The molecule has 0 fully saturated rings. The van der Waals surface area contributed by atoms with Crippen LogP contribution in [0.3, 0.4) is 0 Å². The predicted molar refractivity (Wildman–Crippen MR) is 59.6 cm³/mol. The van der Waals surface area contributed by atoms with Crippen LogP contribution in [0.5, 0.6) is 0 Å². The summed E-state index contributed by atoms with van der Waals surface area (Å²) in [6.07, 6.45) is 0. The average molecular weight is 242 g/mol. The van der Waals surface area contributed by atoms with Crippen molar-refractivity contribution < 1.29 is 14.3 Å². The molecule has 2 aromatic rings. The predicted octanol–water partition coefficient (Wildman–Crippen LogP) is 2.98. The van der Waals surface area contributed by atoms with Crippen LogP contribution in [-0.2, 0) is 7.05 Å². The Morgan fingerprint density at radius 1 is 1.50 bits per heavy atom. The fraction of sp³-hybridized carbons (Fsp3) is 0.182. The zero-order valence-electron chi connectivity index (χ0n) is 8.71. The number of aryl methyl sites for hydroxylation is 2. The van der Waals surface area contributed by atoms with Gasteiger partial charge in [0.25, 0.3) is 0 Å². The molecule has 1 heterocycles. The number of aromatic nitrogens is 1. The molecule has 1 aromatic heterocycles. The van der Waals surface area contributed by atoms with Crippen molar-refractivity contribution in [1.29, 1.82) is 0 Å². The van der Waals surface area contributed by atoms with Crippen molar-refractivity contribution in [2.24, 2.45) is 7.05 Å². The Labute approximate surface area is 96.1 Å². The Morgan fingerprint density at radius 3 is 2.69 bits per heavy atom. The number of fused-ring (bicyclic) bond motifs is 1. The van der Waals surface area contributed by atoms with Gasteiger partial charge in [-0.25, -0.2) is 9.18 Å². The van der Waals surface area contributed by atoms with E-state index in [0.29, 0.717) is 16.5 Å². The van der Waals surface area contributed by atoms with Gasteiger partial charge in [-0.2, -0.15) is 0 Å². The second kappa shape index (κ2) is 3.49. The number of benzene rings is 1. The first-order chi connectivity index (χ1) is 7.45. The molecule has 0 aliphatic heterocycles. The fourth-order valence-electron chi connectivity index (χ4n) is 1.97. The normalized spacial score (nSPS) is 11.0. The molecule has 0 saturated carbocycles. The number of carbonyl (C=O) groups is 1. The highest BCUT2D eigenvalue weighted by molar-refractivity contribution is 6.36. The van der Waals surface area contributed by atoms with Crippen LogP contribution in [0.15, 0.2) is 12.1 Å². The van der Waals surface area contributed by atoms with Gasteiger partial charge in [0, 0.05) is 12.4 Å². The van der Waals surface area contributed by atoms with Gasteiger partial charge in [0.15, 0.2) is 0 Å². The van der Waals surface area contributed by atoms with Gasteiger partial charge < -0.3 is 9.67 Å². The number of carboxylic acids is 1. The number of aromatic carboxylic acids is 1. The van der Waals surface area contributed by atoms with Crippen LogP contribution in [0, 0.1) is 12.7 Å². The van der Waals surface area contributed by atoms with E-state index in [1.807, 2.05) is 0 Å². The highest BCUT2D eigenvalue weighted by atomic mass is 35.5. The molecule has 0 atom stereocenters. The van der Waals surface area contributed by atoms with Gasteiger partial charge in [-0.05, 0) is 24.6 Å². The summed E-state index contributed by atoms with van der Waals surface area (Å²) in [5.41, 5.74) is 1.22. The molecule has 0 spiro atoms. The first-order valence-electron chi connectivity index (χ1n) is 4.61. The fourth-order valence-corrected chi connectivity index (χ4v) is 2.27. The van der Waals surface area contributed by atoms with E-state index in [1.165, 1.54) is 16.7 Å². The van der Waals surface area contributed by atoms with Crippen LogP contribution in [0.1, 0.15) is 16.1 Å². The van der Waals surface area contributed by atoms with Gasteiger partial charge in [0.2, 0.25) is 0 Å². The highest BCUT2D eigenvalue weighted by Crippen LogP contribution is 2.32. The second-order valence-corrected chi connectivity index (χ2v) is 3.97. The van der Waals surface area contributed by atoms with Gasteiger partial charge in [0.05, 0.1) is 10.5 Å². The topological polar surface area (TPSA) is 42.2 Å². The zero-order valence-corrected chi connectivity index (χ0v) is 9.47. The molecule has 0 aliphatic rings. The minimum Gasteiger partial charge on any atom is -0.477 e. The Morgan fingerprint density at radius 2 is 2.12 bits per heavy atom. The maximum absolute atomic E-state index is 13.3. The summed E-state index contributed by atoms with van der Waals surface area (Å²) in [5.74, 6) is -1.59. The Balaban J connectivity index is 3.00. The number of carboxylic acid groups (broad SMARTS) is 1. The van der Waals surface area contributed by atoms with Gasteiger partial charge in [-0.1, -0.05) is 11.6 Å². The Hall–Kier alpha value is -1.55. The monoisotopic (exact) mass is 241 g/mol. The largest absolute Gasteiger partial charge is 0.477 e. The van der Waals surface area contributed by atoms with E-state index < -0.39 is 11.8 Å². The van der Waals surface area contributed by atoms with E-state index in [9.17, 15) is 9.18 Å². The van der Waals surface area contributed by atoms with E-state index >= 15 is 0 Å². The molecule has 5 heteroatoms. The third-order valence-corrected chi connectivity index (χ3v) is 3.07. The van der Waals surface area contributed by atoms with Crippen molar-refractivity contribution in [3.05, 3.63) is 34.2 Å². The number of rotatable bonds is 1. The lowest BCUT2D eigenvalue weighted by Crippen LogP contribution is -2.05. The lowest BCUT2D eigenvalue weighted by atomic mass is 10.1. The summed E-state index contributed by atoms with van der Waals surface area (Å²) in [7, 11) is 1.62.